The number of para-hydroxylation sites is 1. The summed E-state index contributed by atoms with van der Waals surface area (Å²) < 4.78 is 18.6. The largest absolute Gasteiger partial charge is 0.467 e. The predicted molar refractivity (Wildman–Crippen MR) is 92.6 cm³/mol. The van der Waals surface area contributed by atoms with Crippen LogP contribution in [-0.4, -0.2) is 22.5 Å². The zero-order valence-electron chi connectivity index (χ0n) is 13.8. The van der Waals surface area contributed by atoms with Gasteiger partial charge in [0.25, 0.3) is 5.91 Å². The molecular weight excluding hydrogens is 321 g/mol. The van der Waals surface area contributed by atoms with E-state index in [0.717, 1.165) is 16.5 Å². The fraction of sp³-hybridized carbons (Fsp3) is 0.211. The molecule has 0 radical (unpaired) electrons. The molecule has 0 aliphatic carbocycles. The summed E-state index contributed by atoms with van der Waals surface area (Å²) in [7, 11) is 0. The topological polar surface area (TPSA) is 64.1 Å². The van der Waals surface area contributed by atoms with E-state index in [1.165, 1.54) is 18.5 Å². The number of amides is 1. The van der Waals surface area contributed by atoms with Crippen LogP contribution in [0.5, 0.6) is 5.88 Å². The van der Waals surface area contributed by atoms with Crippen LogP contribution < -0.4 is 10.1 Å². The summed E-state index contributed by atoms with van der Waals surface area (Å²) in [6.45, 7) is 1.80. The summed E-state index contributed by atoms with van der Waals surface area (Å²) in [5, 5.41) is 3.64. The second kappa shape index (κ2) is 7.70. The van der Waals surface area contributed by atoms with Gasteiger partial charge in [-0.3, -0.25) is 4.79 Å². The number of halogens is 1. The third-order valence-electron chi connectivity index (χ3n) is 3.86. The monoisotopic (exact) mass is 339 g/mol. The Kier molecular flexibility index (Phi) is 5.18. The minimum Gasteiger partial charge on any atom is -0.467 e. The van der Waals surface area contributed by atoms with Gasteiger partial charge >= 0.3 is 0 Å². The molecule has 3 aromatic rings. The molecule has 2 aromatic carbocycles. The Balaban J connectivity index is 1.64. The van der Waals surface area contributed by atoms with E-state index in [1.54, 1.807) is 12.1 Å². The zero-order chi connectivity index (χ0) is 17.6. The lowest BCUT2D eigenvalue weighted by molar-refractivity contribution is -0.123. The van der Waals surface area contributed by atoms with Crippen LogP contribution in [0.4, 0.5) is 4.39 Å². The Bertz CT molecular complexity index is 863. The SMILES string of the molecule is CC[C@@H](NC(=O)COc1ncnc2ccccc12)c1ccc(F)cc1. The van der Waals surface area contributed by atoms with Gasteiger partial charge in [0.15, 0.2) is 6.61 Å². The van der Waals surface area contributed by atoms with Gasteiger partial charge in [-0.15, -0.1) is 0 Å². The van der Waals surface area contributed by atoms with Crippen molar-refractivity contribution in [3.05, 3.63) is 66.2 Å². The molecule has 0 saturated carbocycles. The number of nitrogens with zero attached hydrogens (tertiary/aromatic N) is 2. The molecule has 0 aliphatic heterocycles. The molecule has 0 fully saturated rings. The van der Waals surface area contributed by atoms with Crippen molar-refractivity contribution in [3.63, 3.8) is 0 Å². The zero-order valence-corrected chi connectivity index (χ0v) is 13.8. The lowest BCUT2D eigenvalue weighted by Crippen LogP contribution is -2.32. The highest BCUT2D eigenvalue weighted by Gasteiger charge is 2.14. The van der Waals surface area contributed by atoms with Gasteiger partial charge in [-0.05, 0) is 36.2 Å². The summed E-state index contributed by atoms with van der Waals surface area (Å²) in [5.74, 6) is -0.196. The quantitative estimate of drug-likeness (QED) is 0.747. The number of benzene rings is 2. The van der Waals surface area contributed by atoms with E-state index in [-0.39, 0.29) is 24.4 Å². The van der Waals surface area contributed by atoms with Crippen molar-refractivity contribution in [1.29, 1.82) is 0 Å². The summed E-state index contributed by atoms with van der Waals surface area (Å²) in [5.41, 5.74) is 1.61. The Morgan fingerprint density at radius 1 is 1.16 bits per heavy atom. The third kappa shape index (κ3) is 4.09. The van der Waals surface area contributed by atoms with Gasteiger partial charge in [0.05, 0.1) is 16.9 Å². The fourth-order valence-corrected chi connectivity index (χ4v) is 2.58. The van der Waals surface area contributed by atoms with Gasteiger partial charge in [-0.2, -0.15) is 0 Å². The van der Waals surface area contributed by atoms with E-state index < -0.39 is 0 Å². The summed E-state index contributed by atoms with van der Waals surface area (Å²) in [6.07, 6.45) is 2.09. The molecule has 0 spiro atoms. The highest BCUT2D eigenvalue weighted by atomic mass is 19.1. The van der Waals surface area contributed by atoms with Crippen LogP contribution in [0.15, 0.2) is 54.9 Å². The van der Waals surface area contributed by atoms with Crippen LogP contribution in [0, 0.1) is 5.82 Å². The molecule has 1 aromatic heterocycles. The van der Waals surface area contributed by atoms with Gasteiger partial charge in [-0.25, -0.2) is 14.4 Å². The van der Waals surface area contributed by atoms with E-state index in [9.17, 15) is 9.18 Å². The van der Waals surface area contributed by atoms with Crippen LogP contribution in [-0.2, 0) is 4.79 Å². The van der Waals surface area contributed by atoms with E-state index in [1.807, 2.05) is 31.2 Å². The van der Waals surface area contributed by atoms with Gasteiger partial charge in [0, 0.05) is 0 Å². The molecule has 1 amide bonds. The molecule has 0 aliphatic rings. The molecule has 6 heteroatoms. The Morgan fingerprint density at radius 3 is 2.68 bits per heavy atom. The van der Waals surface area contributed by atoms with Crippen molar-refractivity contribution < 1.29 is 13.9 Å². The normalized spacial score (nSPS) is 11.9. The molecule has 0 saturated heterocycles. The van der Waals surface area contributed by atoms with E-state index >= 15 is 0 Å². The number of hydrogen-bond acceptors (Lipinski definition) is 4. The van der Waals surface area contributed by atoms with Gasteiger partial charge in [-0.1, -0.05) is 31.2 Å². The number of ether oxygens (including phenoxy) is 1. The standard InChI is InChI=1S/C19H18FN3O2/c1-2-16(13-7-9-14(20)10-8-13)23-18(24)11-25-19-15-5-3-4-6-17(15)21-12-22-19/h3-10,12,16H,2,11H2,1H3,(H,23,24)/t16-/m1/s1. The predicted octanol–water partition coefficient (Wildman–Crippen LogP) is 3.42. The third-order valence-corrected chi connectivity index (χ3v) is 3.86. The molecule has 0 bridgehead atoms. The summed E-state index contributed by atoms with van der Waals surface area (Å²) >= 11 is 0. The lowest BCUT2D eigenvalue weighted by atomic mass is 10.0. The van der Waals surface area contributed by atoms with Crippen molar-refractivity contribution in [1.82, 2.24) is 15.3 Å². The smallest absolute Gasteiger partial charge is 0.258 e. The molecule has 1 heterocycles. The second-order valence-corrected chi connectivity index (χ2v) is 5.56. The first-order chi connectivity index (χ1) is 12.2. The number of carbonyl (C=O) groups is 1. The minimum absolute atomic E-state index is 0.154. The van der Waals surface area contributed by atoms with Gasteiger partial charge in [0.1, 0.15) is 12.1 Å². The van der Waals surface area contributed by atoms with Gasteiger partial charge < -0.3 is 10.1 Å². The minimum atomic E-state index is -0.302. The molecule has 128 valence electrons. The van der Waals surface area contributed by atoms with Gasteiger partial charge in [0.2, 0.25) is 5.88 Å². The molecule has 25 heavy (non-hydrogen) atoms. The molecule has 1 N–H and O–H groups in total. The molecular formula is C19H18FN3O2. The maximum atomic E-state index is 13.0. The van der Waals surface area contributed by atoms with Crippen LogP contribution in [0.2, 0.25) is 0 Å². The summed E-state index contributed by atoms with van der Waals surface area (Å²) in [4.78, 5) is 20.5. The number of carbonyl (C=O) groups excluding carboxylic acids is 1. The Hall–Kier alpha value is -3.02. The first-order valence-corrected chi connectivity index (χ1v) is 8.04. The molecule has 0 unspecified atom stereocenters. The average Bonchev–Trinajstić information content (AvgIpc) is 2.65. The van der Waals surface area contributed by atoms with Crippen molar-refractivity contribution in [2.75, 3.05) is 6.61 Å². The molecule has 3 rings (SSSR count). The molecule has 1 atom stereocenters. The highest BCUT2D eigenvalue weighted by Crippen LogP contribution is 2.21. The number of nitrogens with one attached hydrogen (secondary N) is 1. The fourth-order valence-electron chi connectivity index (χ4n) is 2.58. The first kappa shape index (κ1) is 16.8. The average molecular weight is 339 g/mol. The number of fused-ring (bicyclic) bond motifs is 1. The maximum Gasteiger partial charge on any atom is 0.258 e. The first-order valence-electron chi connectivity index (χ1n) is 8.04. The van der Waals surface area contributed by atoms with Crippen LogP contribution in [0.3, 0.4) is 0 Å². The number of hydrogen-bond donors (Lipinski definition) is 1. The van der Waals surface area contributed by atoms with Crippen LogP contribution in [0.1, 0.15) is 24.9 Å². The highest BCUT2D eigenvalue weighted by molar-refractivity contribution is 5.84. The molecule has 5 nitrogen and oxygen atoms in total. The Labute approximate surface area is 144 Å². The van der Waals surface area contributed by atoms with E-state index in [2.05, 4.69) is 15.3 Å². The van der Waals surface area contributed by atoms with Crippen LogP contribution in [0.25, 0.3) is 10.9 Å². The number of aromatic nitrogens is 2. The van der Waals surface area contributed by atoms with Crippen LogP contribution >= 0.6 is 0 Å². The number of rotatable bonds is 6. The van der Waals surface area contributed by atoms with Crippen molar-refractivity contribution in [2.24, 2.45) is 0 Å². The van der Waals surface area contributed by atoms with Crippen molar-refractivity contribution in [3.8, 4) is 5.88 Å². The maximum absolute atomic E-state index is 13.0. The van der Waals surface area contributed by atoms with Crippen molar-refractivity contribution >= 4 is 16.8 Å². The summed E-state index contributed by atoms with van der Waals surface area (Å²) in [6, 6.07) is 13.3. The second-order valence-electron chi connectivity index (χ2n) is 5.56. The Morgan fingerprint density at radius 2 is 1.92 bits per heavy atom. The van der Waals surface area contributed by atoms with Crippen molar-refractivity contribution in [2.45, 2.75) is 19.4 Å². The lowest BCUT2D eigenvalue weighted by Gasteiger charge is -2.17. The van der Waals surface area contributed by atoms with E-state index in [0.29, 0.717) is 12.3 Å². The van der Waals surface area contributed by atoms with E-state index in [4.69, 9.17) is 4.74 Å².